The molecule has 0 saturated carbocycles. The molecular formula is C16H18N6O3S. The summed E-state index contributed by atoms with van der Waals surface area (Å²) in [5, 5.41) is 6.93. The van der Waals surface area contributed by atoms with Gasteiger partial charge in [-0.3, -0.25) is 14.5 Å². The van der Waals surface area contributed by atoms with Gasteiger partial charge in [0.15, 0.2) is 0 Å². The highest BCUT2D eigenvalue weighted by atomic mass is 32.2. The summed E-state index contributed by atoms with van der Waals surface area (Å²) in [6.07, 6.45) is 6.20. The quantitative estimate of drug-likeness (QED) is 0.862. The van der Waals surface area contributed by atoms with Crippen molar-refractivity contribution in [2.24, 2.45) is 4.40 Å². The number of rotatable bonds is 4. The molecule has 0 fully saturated rings. The number of hydrogen-bond acceptors (Lipinski definition) is 5. The lowest BCUT2D eigenvalue weighted by Crippen LogP contribution is -2.35. The van der Waals surface area contributed by atoms with Gasteiger partial charge in [-0.25, -0.2) is 4.31 Å². The topological polar surface area (TPSA) is 110 Å². The van der Waals surface area contributed by atoms with Crippen LogP contribution in [0.4, 0.5) is 5.69 Å². The van der Waals surface area contributed by atoms with E-state index in [9.17, 15) is 13.2 Å². The Morgan fingerprint density at radius 1 is 1.35 bits per heavy atom. The third kappa shape index (κ3) is 3.36. The minimum absolute atomic E-state index is 0.0394. The molecule has 0 aromatic carbocycles. The van der Waals surface area contributed by atoms with Crippen molar-refractivity contribution in [1.29, 1.82) is 0 Å². The number of amides is 1. The number of aryl methyl sites for hydroxylation is 2. The standard InChI is InChI=1S/C16H18N6O3S/c1-4-22-10-13(11(2)19-22)14-8-15(21(3)26(24,25)20-14)16(23)18-12-6-5-7-17-9-12/h5-10H,4H2,1-3H3,(H,18,23). The molecule has 3 rings (SSSR count). The number of carbonyl (C=O) groups excluding carboxylic acids is 1. The average Bonchev–Trinajstić information content (AvgIpc) is 2.99. The van der Waals surface area contributed by atoms with Crippen LogP contribution in [0.5, 0.6) is 0 Å². The predicted molar refractivity (Wildman–Crippen MR) is 96.8 cm³/mol. The van der Waals surface area contributed by atoms with Crippen molar-refractivity contribution in [3.8, 4) is 0 Å². The van der Waals surface area contributed by atoms with Gasteiger partial charge >= 0.3 is 10.2 Å². The van der Waals surface area contributed by atoms with E-state index < -0.39 is 16.1 Å². The van der Waals surface area contributed by atoms with Crippen molar-refractivity contribution in [3.05, 3.63) is 53.8 Å². The summed E-state index contributed by atoms with van der Waals surface area (Å²) in [5.41, 5.74) is 1.80. The molecule has 1 amide bonds. The summed E-state index contributed by atoms with van der Waals surface area (Å²) in [7, 11) is -2.74. The zero-order chi connectivity index (χ0) is 18.9. The zero-order valence-corrected chi connectivity index (χ0v) is 15.4. The third-order valence-electron chi connectivity index (χ3n) is 3.87. The van der Waals surface area contributed by atoms with E-state index in [4.69, 9.17) is 0 Å². The lowest BCUT2D eigenvalue weighted by Gasteiger charge is -2.23. The largest absolute Gasteiger partial charge is 0.345 e. The first kappa shape index (κ1) is 17.8. The van der Waals surface area contributed by atoms with E-state index in [1.165, 1.54) is 19.3 Å². The second-order valence-electron chi connectivity index (χ2n) is 5.63. The second-order valence-corrected chi connectivity index (χ2v) is 7.26. The van der Waals surface area contributed by atoms with Gasteiger partial charge in [-0.15, -0.1) is 4.40 Å². The molecule has 0 spiro atoms. The van der Waals surface area contributed by atoms with Crippen LogP contribution in [0.15, 0.2) is 46.9 Å². The molecule has 0 aliphatic carbocycles. The Hall–Kier alpha value is -3.01. The maximum absolute atomic E-state index is 12.6. The van der Waals surface area contributed by atoms with Gasteiger partial charge in [0.25, 0.3) is 5.91 Å². The first-order valence-corrected chi connectivity index (χ1v) is 9.28. The third-order valence-corrected chi connectivity index (χ3v) is 5.19. The number of pyridine rings is 1. The molecule has 0 unspecified atom stereocenters. The molecule has 1 N–H and O–H groups in total. The summed E-state index contributed by atoms with van der Waals surface area (Å²) in [4.78, 5) is 16.5. The highest BCUT2D eigenvalue weighted by Crippen LogP contribution is 2.22. The van der Waals surface area contributed by atoms with Crippen LogP contribution < -0.4 is 5.32 Å². The molecule has 2 aromatic heterocycles. The van der Waals surface area contributed by atoms with Gasteiger partial charge in [0.1, 0.15) is 5.70 Å². The van der Waals surface area contributed by atoms with Gasteiger partial charge in [0.05, 0.1) is 23.3 Å². The van der Waals surface area contributed by atoms with Gasteiger partial charge in [-0.2, -0.15) is 13.5 Å². The van der Waals surface area contributed by atoms with Gasteiger partial charge in [-0.05, 0) is 32.1 Å². The Morgan fingerprint density at radius 2 is 2.12 bits per heavy atom. The fourth-order valence-electron chi connectivity index (χ4n) is 2.46. The summed E-state index contributed by atoms with van der Waals surface area (Å²) in [6.45, 7) is 4.32. The Kier molecular flexibility index (Phi) is 4.60. The number of carbonyl (C=O) groups is 1. The minimum atomic E-state index is -4.02. The predicted octanol–water partition coefficient (Wildman–Crippen LogP) is 1.11. The monoisotopic (exact) mass is 374 g/mol. The van der Waals surface area contributed by atoms with Crippen LogP contribution in [0.1, 0.15) is 18.2 Å². The maximum Gasteiger partial charge on any atom is 0.345 e. The van der Waals surface area contributed by atoms with Gasteiger partial charge < -0.3 is 5.32 Å². The normalized spacial score (nSPS) is 16.0. The lowest BCUT2D eigenvalue weighted by molar-refractivity contribution is -0.113. The summed E-state index contributed by atoms with van der Waals surface area (Å²) in [6, 6.07) is 3.33. The molecule has 3 heterocycles. The van der Waals surface area contributed by atoms with Crippen molar-refractivity contribution in [2.75, 3.05) is 12.4 Å². The van der Waals surface area contributed by atoms with Gasteiger partial charge in [0.2, 0.25) is 0 Å². The molecule has 26 heavy (non-hydrogen) atoms. The minimum Gasteiger partial charge on any atom is -0.319 e. The lowest BCUT2D eigenvalue weighted by atomic mass is 10.1. The second kappa shape index (κ2) is 6.71. The van der Waals surface area contributed by atoms with E-state index in [1.807, 2.05) is 6.92 Å². The van der Waals surface area contributed by atoms with Crippen molar-refractivity contribution in [1.82, 2.24) is 19.1 Å². The van der Waals surface area contributed by atoms with Crippen molar-refractivity contribution >= 4 is 27.5 Å². The molecule has 1 aliphatic heterocycles. The maximum atomic E-state index is 12.6. The fourth-order valence-corrected chi connectivity index (χ4v) is 3.36. The average molecular weight is 374 g/mol. The molecule has 0 bridgehead atoms. The molecule has 2 aromatic rings. The molecule has 0 saturated heterocycles. The van der Waals surface area contributed by atoms with Crippen molar-refractivity contribution in [3.63, 3.8) is 0 Å². The van der Waals surface area contributed by atoms with Gasteiger partial charge in [0, 0.05) is 31.5 Å². The summed E-state index contributed by atoms with van der Waals surface area (Å²) in [5.74, 6) is -0.572. The molecule has 0 radical (unpaired) electrons. The first-order valence-electron chi connectivity index (χ1n) is 7.88. The Morgan fingerprint density at radius 3 is 2.73 bits per heavy atom. The number of aromatic nitrogens is 3. The SMILES string of the molecule is CCn1cc(C2=NS(=O)(=O)N(C)C(C(=O)Nc3cccnc3)=C2)c(C)n1. The number of allylic oxidation sites excluding steroid dienone is 1. The van der Waals surface area contributed by atoms with Crippen LogP contribution in [-0.2, 0) is 21.5 Å². The van der Waals surface area contributed by atoms with Crippen molar-refractivity contribution < 1.29 is 13.2 Å². The van der Waals surface area contributed by atoms with E-state index in [1.54, 1.807) is 36.1 Å². The van der Waals surface area contributed by atoms with E-state index in [-0.39, 0.29) is 11.4 Å². The number of likely N-dealkylation sites (N-methyl/N-ethyl adjacent to an activating group) is 1. The molecule has 10 heteroatoms. The van der Waals surface area contributed by atoms with E-state index in [2.05, 4.69) is 19.8 Å². The van der Waals surface area contributed by atoms with Gasteiger partial charge in [-0.1, -0.05) is 0 Å². The van der Waals surface area contributed by atoms with Crippen molar-refractivity contribution in [2.45, 2.75) is 20.4 Å². The smallest absolute Gasteiger partial charge is 0.319 e. The zero-order valence-electron chi connectivity index (χ0n) is 14.5. The first-order chi connectivity index (χ1) is 12.3. The van der Waals surface area contributed by atoms with Crippen LogP contribution in [0.3, 0.4) is 0 Å². The molecule has 136 valence electrons. The van der Waals surface area contributed by atoms with E-state index >= 15 is 0 Å². The van der Waals surface area contributed by atoms with E-state index in [0.29, 0.717) is 23.5 Å². The highest BCUT2D eigenvalue weighted by molar-refractivity contribution is 7.88. The summed E-state index contributed by atoms with van der Waals surface area (Å²) < 4.78 is 31.1. The van der Waals surface area contributed by atoms with Crippen LogP contribution in [-0.4, -0.2) is 46.2 Å². The van der Waals surface area contributed by atoms with E-state index in [0.717, 1.165) is 4.31 Å². The molecule has 1 aliphatic rings. The van der Waals surface area contributed by atoms with Crippen LogP contribution in [0.2, 0.25) is 0 Å². The van der Waals surface area contributed by atoms with Crippen LogP contribution in [0.25, 0.3) is 0 Å². The Labute approximate surface area is 151 Å². The number of nitrogens with zero attached hydrogens (tertiary/aromatic N) is 5. The number of anilines is 1. The van der Waals surface area contributed by atoms with Crippen LogP contribution in [0, 0.1) is 6.92 Å². The molecule has 0 atom stereocenters. The Bertz CT molecular complexity index is 1010. The van der Waals surface area contributed by atoms with Crippen LogP contribution >= 0.6 is 0 Å². The number of hydrogen-bond donors (Lipinski definition) is 1. The highest BCUT2D eigenvalue weighted by Gasteiger charge is 2.31. The Balaban J connectivity index is 2.00. The number of nitrogens with one attached hydrogen (secondary N) is 1. The fraction of sp³-hybridized carbons (Fsp3) is 0.250. The molecular weight excluding hydrogens is 356 g/mol. The molecule has 9 nitrogen and oxygen atoms in total. The summed E-state index contributed by atoms with van der Waals surface area (Å²) >= 11 is 0.